The molecule has 0 spiro atoms. The Kier molecular flexibility index (Phi) is 4.10. The fourth-order valence-electron chi connectivity index (χ4n) is 3.47. The first kappa shape index (κ1) is 14.3. The first-order chi connectivity index (χ1) is 10.2. The third kappa shape index (κ3) is 2.88. The van der Waals surface area contributed by atoms with Crippen LogP contribution in [0.25, 0.3) is 0 Å². The van der Waals surface area contributed by atoms with Crippen molar-refractivity contribution < 1.29 is 4.79 Å². The minimum atomic E-state index is -0.174. The van der Waals surface area contributed by atoms with Gasteiger partial charge in [-0.3, -0.25) is 4.79 Å². The summed E-state index contributed by atoms with van der Waals surface area (Å²) in [6.07, 6.45) is 6.31. The number of amides is 1. The van der Waals surface area contributed by atoms with Crippen molar-refractivity contribution in [2.75, 3.05) is 18.0 Å². The Morgan fingerprint density at radius 2 is 2.00 bits per heavy atom. The minimum absolute atomic E-state index is 0.0141. The Labute approximate surface area is 125 Å². The standard InChI is InChI=1S/C16H24N4O/c17-10-13-9-12-3-1-2-4-14(12)19-16(13)20-7-5-11(6-8-20)15(18)21/h9,11H,1-8,10,17H2,(H2,18,21). The molecule has 0 bridgehead atoms. The van der Waals surface area contributed by atoms with Gasteiger partial charge in [0.2, 0.25) is 5.91 Å². The fourth-order valence-corrected chi connectivity index (χ4v) is 3.47. The van der Waals surface area contributed by atoms with Gasteiger partial charge in [0.1, 0.15) is 5.82 Å². The van der Waals surface area contributed by atoms with E-state index in [9.17, 15) is 4.79 Å². The molecule has 1 aromatic rings. The second-order valence-corrected chi connectivity index (χ2v) is 6.15. The molecule has 1 amide bonds. The van der Waals surface area contributed by atoms with Gasteiger partial charge in [-0.15, -0.1) is 0 Å². The zero-order chi connectivity index (χ0) is 14.8. The van der Waals surface area contributed by atoms with Gasteiger partial charge in [-0.25, -0.2) is 4.98 Å². The van der Waals surface area contributed by atoms with Gasteiger partial charge in [0.25, 0.3) is 0 Å². The van der Waals surface area contributed by atoms with E-state index in [1.807, 2.05) is 0 Å². The number of nitrogens with zero attached hydrogens (tertiary/aromatic N) is 2. The highest BCUT2D eigenvalue weighted by atomic mass is 16.1. The molecule has 1 aromatic heterocycles. The van der Waals surface area contributed by atoms with Crippen LogP contribution in [0.5, 0.6) is 0 Å². The number of piperidine rings is 1. The van der Waals surface area contributed by atoms with Gasteiger partial charge in [-0.2, -0.15) is 0 Å². The van der Waals surface area contributed by atoms with Crippen LogP contribution in [-0.4, -0.2) is 24.0 Å². The van der Waals surface area contributed by atoms with Crippen LogP contribution in [0.15, 0.2) is 6.07 Å². The highest BCUT2D eigenvalue weighted by molar-refractivity contribution is 5.77. The van der Waals surface area contributed by atoms with Gasteiger partial charge in [-0.05, 0) is 50.2 Å². The largest absolute Gasteiger partial charge is 0.369 e. The summed E-state index contributed by atoms with van der Waals surface area (Å²) < 4.78 is 0. The molecular formula is C16H24N4O. The Bertz CT molecular complexity index is 535. The molecule has 1 fully saturated rings. The molecule has 2 heterocycles. The van der Waals surface area contributed by atoms with E-state index in [1.165, 1.54) is 24.1 Å². The highest BCUT2D eigenvalue weighted by Crippen LogP contribution is 2.29. The number of anilines is 1. The number of fused-ring (bicyclic) bond motifs is 1. The summed E-state index contributed by atoms with van der Waals surface area (Å²) >= 11 is 0. The first-order valence-electron chi connectivity index (χ1n) is 7.95. The predicted octanol–water partition coefficient (Wildman–Crippen LogP) is 1.12. The van der Waals surface area contributed by atoms with Crippen molar-refractivity contribution in [2.45, 2.75) is 45.1 Å². The molecule has 0 radical (unpaired) electrons. The Morgan fingerprint density at radius 1 is 1.29 bits per heavy atom. The lowest BCUT2D eigenvalue weighted by atomic mass is 9.93. The number of aryl methyl sites for hydroxylation is 2. The number of aromatic nitrogens is 1. The van der Waals surface area contributed by atoms with Gasteiger partial charge in [0.15, 0.2) is 0 Å². The number of carbonyl (C=O) groups excluding carboxylic acids is 1. The van der Waals surface area contributed by atoms with Crippen molar-refractivity contribution in [3.05, 3.63) is 22.9 Å². The van der Waals surface area contributed by atoms with Crippen LogP contribution < -0.4 is 16.4 Å². The quantitative estimate of drug-likeness (QED) is 0.873. The van der Waals surface area contributed by atoms with Crippen LogP contribution in [0.2, 0.25) is 0 Å². The van der Waals surface area contributed by atoms with Crippen molar-refractivity contribution in [3.8, 4) is 0 Å². The molecule has 1 saturated heterocycles. The minimum Gasteiger partial charge on any atom is -0.369 e. The zero-order valence-electron chi connectivity index (χ0n) is 12.5. The number of carbonyl (C=O) groups is 1. The molecule has 5 nitrogen and oxygen atoms in total. The van der Waals surface area contributed by atoms with E-state index >= 15 is 0 Å². The van der Waals surface area contributed by atoms with E-state index in [0.717, 1.165) is 50.2 Å². The maximum atomic E-state index is 11.3. The topological polar surface area (TPSA) is 85.2 Å². The second-order valence-electron chi connectivity index (χ2n) is 6.15. The number of primary amides is 1. The lowest BCUT2D eigenvalue weighted by Crippen LogP contribution is -2.39. The maximum absolute atomic E-state index is 11.3. The number of pyridine rings is 1. The molecule has 0 atom stereocenters. The normalized spacial score (nSPS) is 19.4. The summed E-state index contributed by atoms with van der Waals surface area (Å²) in [5.41, 5.74) is 15.1. The van der Waals surface area contributed by atoms with Gasteiger partial charge >= 0.3 is 0 Å². The molecule has 2 aliphatic rings. The number of rotatable bonds is 3. The van der Waals surface area contributed by atoms with Crippen molar-refractivity contribution >= 4 is 11.7 Å². The first-order valence-corrected chi connectivity index (χ1v) is 7.95. The van der Waals surface area contributed by atoms with Gasteiger partial charge in [-0.1, -0.05) is 0 Å². The smallest absolute Gasteiger partial charge is 0.220 e. The molecule has 4 N–H and O–H groups in total. The van der Waals surface area contributed by atoms with Crippen molar-refractivity contribution in [2.24, 2.45) is 17.4 Å². The van der Waals surface area contributed by atoms with E-state index in [2.05, 4.69) is 11.0 Å². The van der Waals surface area contributed by atoms with Crippen LogP contribution >= 0.6 is 0 Å². The van der Waals surface area contributed by atoms with Crippen LogP contribution in [0.3, 0.4) is 0 Å². The van der Waals surface area contributed by atoms with Crippen LogP contribution in [0.4, 0.5) is 5.82 Å². The molecule has 0 saturated carbocycles. The summed E-state index contributed by atoms with van der Waals surface area (Å²) in [7, 11) is 0. The van der Waals surface area contributed by atoms with E-state index in [4.69, 9.17) is 16.5 Å². The van der Waals surface area contributed by atoms with Crippen molar-refractivity contribution in [1.29, 1.82) is 0 Å². The Hall–Kier alpha value is -1.62. The molecule has 5 heteroatoms. The molecule has 1 aliphatic heterocycles. The molecule has 3 rings (SSSR count). The molecule has 1 aliphatic carbocycles. The number of hydrogen-bond donors (Lipinski definition) is 2. The summed E-state index contributed by atoms with van der Waals surface area (Å²) in [6.45, 7) is 2.20. The lowest BCUT2D eigenvalue weighted by Gasteiger charge is -2.33. The summed E-state index contributed by atoms with van der Waals surface area (Å²) in [5.74, 6) is 0.869. The van der Waals surface area contributed by atoms with E-state index in [0.29, 0.717) is 6.54 Å². The van der Waals surface area contributed by atoms with Crippen molar-refractivity contribution in [1.82, 2.24) is 4.98 Å². The third-order valence-corrected chi connectivity index (χ3v) is 4.77. The average molecular weight is 288 g/mol. The number of hydrogen-bond acceptors (Lipinski definition) is 4. The van der Waals surface area contributed by atoms with E-state index in [1.54, 1.807) is 0 Å². The molecule has 0 unspecified atom stereocenters. The molecule has 21 heavy (non-hydrogen) atoms. The van der Waals surface area contributed by atoms with Crippen LogP contribution in [0.1, 0.15) is 42.5 Å². The van der Waals surface area contributed by atoms with Gasteiger partial charge in [0, 0.05) is 36.8 Å². The number of nitrogens with two attached hydrogens (primary N) is 2. The van der Waals surface area contributed by atoms with Crippen LogP contribution in [-0.2, 0) is 24.2 Å². The maximum Gasteiger partial charge on any atom is 0.220 e. The molecule has 0 aromatic carbocycles. The zero-order valence-corrected chi connectivity index (χ0v) is 12.5. The third-order valence-electron chi connectivity index (χ3n) is 4.77. The van der Waals surface area contributed by atoms with Gasteiger partial charge < -0.3 is 16.4 Å². The Morgan fingerprint density at radius 3 is 2.67 bits per heavy atom. The summed E-state index contributed by atoms with van der Waals surface area (Å²) in [6, 6.07) is 2.25. The summed E-state index contributed by atoms with van der Waals surface area (Å²) in [4.78, 5) is 18.5. The molecular weight excluding hydrogens is 264 g/mol. The molecule has 114 valence electrons. The average Bonchev–Trinajstić information content (AvgIpc) is 2.53. The monoisotopic (exact) mass is 288 g/mol. The SMILES string of the molecule is NCc1cc2c(nc1N1CCC(C(N)=O)CC1)CCCC2. The van der Waals surface area contributed by atoms with Crippen LogP contribution in [0, 0.1) is 5.92 Å². The summed E-state index contributed by atoms with van der Waals surface area (Å²) in [5, 5.41) is 0. The fraction of sp³-hybridized carbons (Fsp3) is 0.625. The Balaban J connectivity index is 1.83. The lowest BCUT2D eigenvalue weighted by molar-refractivity contribution is -0.122. The van der Waals surface area contributed by atoms with Crippen molar-refractivity contribution in [3.63, 3.8) is 0 Å². The highest BCUT2D eigenvalue weighted by Gasteiger charge is 2.26. The van der Waals surface area contributed by atoms with E-state index in [-0.39, 0.29) is 11.8 Å². The second kappa shape index (κ2) is 6.02. The van der Waals surface area contributed by atoms with E-state index < -0.39 is 0 Å². The van der Waals surface area contributed by atoms with Gasteiger partial charge in [0.05, 0.1) is 0 Å². The predicted molar refractivity (Wildman–Crippen MR) is 82.9 cm³/mol.